The van der Waals surface area contributed by atoms with E-state index in [4.69, 9.17) is 11.6 Å². The number of nitro groups is 1. The lowest BCUT2D eigenvalue weighted by Gasteiger charge is -2.05. The zero-order valence-corrected chi connectivity index (χ0v) is 14.3. The predicted molar refractivity (Wildman–Crippen MR) is 94.5 cm³/mol. The largest absolute Gasteiger partial charge is 0.321 e. The molecule has 0 radical (unpaired) electrons. The van der Waals surface area contributed by atoms with Crippen molar-refractivity contribution in [3.05, 3.63) is 73.2 Å². The highest BCUT2D eigenvalue weighted by Crippen LogP contribution is 2.26. The second-order valence-corrected chi connectivity index (χ2v) is 5.89. The molecular formula is C16H9BrClN3O3. The van der Waals surface area contributed by atoms with Crippen LogP contribution in [-0.2, 0) is 4.79 Å². The molecule has 0 aliphatic heterocycles. The summed E-state index contributed by atoms with van der Waals surface area (Å²) in [4.78, 5) is 22.5. The molecule has 120 valence electrons. The summed E-state index contributed by atoms with van der Waals surface area (Å²) in [7, 11) is 0. The standard InChI is InChI=1S/C16H9BrClN3O3/c17-14-5-4-10(7-15(14)21(23)24)6-11(9-19)16(22)20-13-3-1-2-12(18)8-13/h1-8H,(H,20,22)/b11-6+. The van der Waals surface area contributed by atoms with Gasteiger partial charge in [0.1, 0.15) is 11.6 Å². The van der Waals surface area contributed by atoms with Crippen LogP contribution in [0.3, 0.4) is 0 Å². The Bertz CT molecular complexity index is 890. The van der Waals surface area contributed by atoms with Crippen LogP contribution in [0.2, 0.25) is 5.02 Å². The molecule has 0 unspecified atom stereocenters. The molecule has 2 aromatic rings. The number of benzene rings is 2. The summed E-state index contributed by atoms with van der Waals surface area (Å²) in [6.07, 6.45) is 1.28. The van der Waals surface area contributed by atoms with Crippen molar-refractivity contribution in [2.75, 3.05) is 5.32 Å². The molecular weight excluding hydrogens is 398 g/mol. The number of nitro benzene ring substituents is 1. The molecule has 0 fully saturated rings. The fraction of sp³-hybridized carbons (Fsp3) is 0. The Balaban J connectivity index is 2.29. The Hall–Kier alpha value is -2.69. The molecule has 6 nitrogen and oxygen atoms in total. The molecule has 0 aliphatic rings. The topological polar surface area (TPSA) is 96.0 Å². The van der Waals surface area contributed by atoms with Gasteiger partial charge >= 0.3 is 0 Å². The van der Waals surface area contributed by atoms with Gasteiger partial charge in [0.05, 0.1) is 9.40 Å². The average molecular weight is 407 g/mol. The number of amides is 1. The highest BCUT2D eigenvalue weighted by Gasteiger charge is 2.14. The lowest BCUT2D eigenvalue weighted by molar-refractivity contribution is -0.385. The maximum Gasteiger partial charge on any atom is 0.284 e. The van der Waals surface area contributed by atoms with Crippen LogP contribution in [0.4, 0.5) is 11.4 Å². The number of nitrogens with zero attached hydrogens (tertiary/aromatic N) is 2. The molecule has 0 saturated carbocycles. The second-order valence-electron chi connectivity index (χ2n) is 4.60. The Morgan fingerprint density at radius 1 is 1.33 bits per heavy atom. The molecule has 2 rings (SSSR count). The fourth-order valence-electron chi connectivity index (χ4n) is 1.84. The van der Waals surface area contributed by atoms with Gasteiger partial charge in [-0.3, -0.25) is 14.9 Å². The van der Waals surface area contributed by atoms with Crippen LogP contribution < -0.4 is 5.32 Å². The number of hydrogen-bond acceptors (Lipinski definition) is 4. The number of hydrogen-bond donors (Lipinski definition) is 1. The molecule has 0 aromatic heterocycles. The van der Waals surface area contributed by atoms with Gasteiger partial charge in [0.15, 0.2) is 0 Å². The number of nitrogens with one attached hydrogen (secondary N) is 1. The molecule has 0 aliphatic carbocycles. The summed E-state index contributed by atoms with van der Waals surface area (Å²) in [5, 5.41) is 23.1. The molecule has 1 N–H and O–H groups in total. The van der Waals surface area contributed by atoms with Gasteiger partial charge in [-0.05, 0) is 51.8 Å². The summed E-state index contributed by atoms with van der Waals surface area (Å²) in [5.74, 6) is -0.634. The van der Waals surface area contributed by atoms with E-state index in [0.29, 0.717) is 20.7 Å². The van der Waals surface area contributed by atoms with Gasteiger partial charge in [-0.2, -0.15) is 5.26 Å². The number of nitriles is 1. The van der Waals surface area contributed by atoms with Crippen LogP contribution in [0.1, 0.15) is 5.56 Å². The first-order valence-electron chi connectivity index (χ1n) is 6.53. The minimum Gasteiger partial charge on any atom is -0.321 e. The monoisotopic (exact) mass is 405 g/mol. The number of halogens is 2. The third kappa shape index (κ3) is 4.41. The SMILES string of the molecule is N#C/C(=C\c1ccc(Br)c([N+](=O)[O-])c1)C(=O)Nc1cccc(Cl)c1. The summed E-state index contributed by atoms with van der Waals surface area (Å²) >= 11 is 8.91. The third-order valence-electron chi connectivity index (χ3n) is 2.93. The summed E-state index contributed by atoms with van der Waals surface area (Å²) in [6.45, 7) is 0. The minimum atomic E-state index is -0.634. The summed E-state index contributed by atoms with van der Waals surface area (Å²) < 4.78 is 0.312. The van der Waals surface area contributed by atoms with E-state index in [9.17, 15) is 20.2 Å². The number of rotatable bonds is 4. The average Bonchev–Trinajstić information content (AvgIpc) is 2.53. The van der Waals surface area contributed by atoms with E-state index in [2.05, 4.69) is 21.2 Å². The van der Waals surface area contributed by atoms with Crippen LogP contribution in [0.5, 0.6) is 0 Å². The van der Waals surface area contributed by atoms with Crippen LogP contribution in [0.15, 0.2) is 52.5 Å². The van der Waals surface area contributed by atoms with E-state index in [1.165, 1.54) is 18.2 Å². The van der Waals surface area contributed by atoms with Crippen LogP contribution >= 0.6 is 27.5 Å². The maximum atomic E-state index is 12.2. The van der Waals surface area contributed by atoms with Crippen molar-refractivity contribution >= 4 is 50.9 Å². The quantitative estimate of drug-likeness (QED) is 0.348. The molecule has 0 saturated heterocycles. The van der Waals surface area contributed by atoms with Gasteiger partial charge in [-0.1, -0.05) is 23.7 Å². The number of anilines is 1. The van der Waals surface area contributed by atoms with E-state index in [0.717, 1.165) is 0 Å². The van der Waals surface area contributed by atoms with Crippen molar-refractivity contribution in [1.82, 2.24) is 0 Å². The molecule has 0 atom stereocenters. The van der Waals surface area contributed by atoms with Crippen LogP contribution in [0, 0.1) is 21.4 Å². The maximum absolute atomic E-state index is 12.2. The Labute approximate surface area is 150 Å². The van der Waals surface area contributed by atoms with Gasteiger partial charge in [0.2, 0.25) is 0 Å². The molecule has 24 heavy (non-hydrogen) atoms. The smallest absolute Gasteiger partial charge is 0.284 e. The molecule has 1 amide bonds. The van der Waals surface area contributed by atoms with E-state index in [1.54, 1.807) is 36.4 Å². The van der Waals surface area contributed by atoms with Crippen molar-refractivity contribution in [2.45, 2.75) is 0 Å². The van der Waals surface area contributed by atoms with E-state index < -0.39 is 10.8 Å². The number of carbonyl (C=O) groups is 1. The first-order valence-corrected chi connectivity index (χ1v) is 7.70. The van der Waals surface area contributed by atoms with Gasteiger partial charge in [0.25, 0.3) is 11.6 Å². The molecule has 2 aromatic carbocycles. The lowest BCUT2D eigenvalue weighted by atomic mass is 10.1. The highest BCUT2D eigenvalue weighted by atomic mass is 79.9. The second kappa shape index (κ2) is 7.73. The lowest BCUT2D eigenvalue weighted by Crippen LogP contribution is -2.13. The normalized spacial score (nSPS) is 10.8. The van der Waals surface area contributed by atoms with Crippen molar-refractivity contribution in [3.63, 3.8) is 0 Å². The van der Waals surface area contributed by atoms with Crippen molar-refractivity contribution in [3.8, 4) is 6.07 Å². The minimum absolute atomic E-state index is 0.156. The fourth-order valence-corrected chi connectivity index (χ4v) is 2.42. The van der Waals surface area contributed by atoms with Gasteiger partial charge in [0, 0.05) is 16.8 Å². The summed E-state index contributed by atoms with van der Waals surface area (Å²) in [5.41, 5.74) is 0.459. The zero-order chi connectivity index (χ0) is 17.7. The number of carbonyl (C=O) groups excluding carboxylic acids is 1. The van der Waals surface area contributed by atoms with Crippen molar-refractivity contribution < 1.29 is 9.72 Å². The third-order valence-corrected chi connectivity index (χ3v) is 3.83. The predicted octanol–water partition coefficient (Wildman–Crippen LogP) is 4.56. The zero-order valence-electron chi connectivity index (χ0n) is 12.0. The van der Waals surface area contributed by atoms with Gasteiger partial charge in [-0.25, -0.2) is 0 Å². The van der Waals surface area contributed by atoms with Crippen LogP contribution in [0.25, 0.3) is 6.08 Å². The Kier molecular flexibility index (Phi) is 5.68. The van der Waals surface area contributed by atoms with Gasteiger partial charge < -0.3 is 5.32 Å². The molecule has 0 heterocycles. The van der Waals surface area contributed by atoms with E-state index >= 15 is 0 Å². The summed E-state index contributed by atoms with van der Waals surface area (Å²) in [6, 6.07) is 12.6. The molecule has 8 heteroatoms. The Morgan fingerprint density at radius 2 is 2.08 bits per heavy atom. The Morgan fingerprint density at radius 3 is 2.71 bits per heavy atom. The van der Waals surface area contributed by atoms with Crippen LogP contribution in [-0.4, -0.2) is 10.8 Å². The molecule has 0 spiro atoms. The first-order chi connectivity index (χ1) is 11.4. The van der Waals surface area contributed by atoms with Gasteiger partial charge in [-0.15, -0.1) is 0 Å². The highest BCUT2D eigenvalue weighted by molar-refractivity contribution is 9.10. The molecule has 0 bridgehead atoms. The van der Waals surface area contributed by atoms with Crippen molar-refractivity contribution in [2.24, 2.45) is 0 Å². The first kappa shape index (κ1) is 17.7. The van der Waals surface area contributed by atoms with E-state index in [-0.39, 0.29) is 11.3 Å². The van der Waals surface area contributed by atoms with E-state index in [1.807, 2.05) is 0 Å². The van der Waals surface area contributed by atoms with Crippen molar-refractivity contribution in [1.29, 1.82) is 5.26 Å².